The van der Waals surface area contributed by atoms with Crippen LogP contribution in [0.1, 0.15) is 11.5 Å². The summed E-state index contributed by atoms with van der Waals surface area (Å²) in [6.07, 6.45) is 0. The normalized spacial score (nSPS) is 10.8. The van der Waals surface area contributed by atoms with Gasteiger partial charge in [0, 0.05) is 5.56 Å². The number of rotatable bonds is 5. The van der Waals surface area contributed by atoms with E-state index in [1.807, 2.05) is 55.5 Å². The topological polar surface area (TPSA) is 91.8 Å². The van der Waals surface area contributed by atoms with Gasteiger partial charge in [0.25, 0.3) is 5.89 Å². The van der Waals surface area contributed by atoms with Crippen LogP contribution in [0, 0.1) is 6.92 Å². The highest BCUT2D eigenvalue weighted by Crippen LogP contribution is 2.27. The smallest absolute Gasteiger partial charge is 0.250 e. The molecule has 0 radical (unpaired) electrons. The second kappa shape index (κ2) is 6.75. The molecule has 4 rings (SSSR count). The van der Waals surface area contributed by atoms with Crippen molar-refractivity contribution in [2.75, 3.05) is 7.11 Å². The van der Waals surface area contributed by atoms with Crippen molar-refractivity contribution in [1.82, 2.24) is 30.3 Å². The predicted octanol–water partition coefficient (Wildman–Crippen LogP) is 2.76. The van der Waals surface area contributed by atoms with Gasteiger partial charge in [-0.15, -0.1) is 10.2 Å². The molecule has 0 unspecified atom stereocenters. The van der Waals surface area contributed by atoms with E-state index in [0.717, 1.165) is 11.1 Å². The zero-order chi connectivity index (χ0) is 17.9. The number of methoxy groups -OCH3 is 1. The van der Waals surface area contributed by atoms with E-state index in [2.05, 4.69) is 25.6 Å². The van der Waals surface area contributed by atoms with Crippen molar-refractivity contribution >= 4 is 0 Å². The molecule has 0 fully saturated rings. The van der Waals surface area contributed by atoms with Gasteiger partial charge < -0.3 is 9.26 Å². The van der Waals surface area contributed by atoms with Crippen LogP contribution in [0.25, 0.3) is 22.8 Å². The van der Waals surface area contributed by atoms with E-state index in [4.69, 9.17) is 9.26 Å². The first-order valence-electron chi connectivity index (χ1n) is 8.04. The fourth-order valence-corrected chi connectivity index (χ4v) is 2.51. The lowest BCUT2D eigenvalue weighted by molar-refractivity contribution is 0.356. The Morgan fingerprint density at radius 1 is 1.04 bits per heavy atom. The van der Waals surface area contributed by atoms with Crippen molar-refractivity contribution in [2.24, 2.45) is 0 Å². The molecule has 0 aliphatic heterocycles. The quantitative estimate of drug-likeness (QED) is 0.547. The Bertz CT molecular complexity index is 1020. The van der Waals surface area contributed by atoms with Crippen molar-refractivity contribution in [2.45, 2.75) is 13.5 Å². The van der Waals surface area contributed by atoms with Crippen LogP contribution in [0.5, 0.6) is 5.75 Å². The molecular formula is C18H16N6O2. The molecule has 0 N–H and O–H groups in total. The minimum Gasteiger partial charge on any atom is -0.496 e. The molecule has 2 aromatic carbocycles. The molecule has 0 saturated heterocycles. The van der Waals surface area contributed by atoms with Gasteiger partial charge in [-0.1, -0.05) is 47.1 Å². The summed E-state index contributed by atoms with van der Waals surface area (Å²) in [7, 11) is 1.60. The molecule has 26 heavy (non-hydrogen) atoms. The van der Waals surface area contributed by atoms with Gasteiger partial charge in [-0.25, -0.2) is 0 Å². The molecule has 0 amide bonds. The lowest BCUT2D eigenvalue weighted by Gasteiger charge is -2.02. The zero-order valence-electron chi connectivity index (χ0n) is 14.3. The number of para-hydroxylation sites is 1. The second-order valence-electron chi connectivity index (χ2n) is 5.72. The van der Waals surface area contributed by atoms with Crippen LogP contribution in [0.2, 0.25) is 0 Å². The third kappa shape index (κ3) is 3.16. The van der Waals surface area contributed by atoms with Crippen LogP contribution in [0.4, 0.5) is 0 Å². The lowest BCUT2D eigenvalue weighted by atomic mass is 10.1. The van der Waals surface area contributed by atoms with Crippen LogP contribution in [0.15, 0.2) is 53.1 Å². The van der Waals surface area contributed by atoms with Crippen molar-refractivity contribution in [1.29, 1.82) is 0 Å². The number of tetrazole rings is 1. The molecule has 0 aliphatic rings. The highest BCUT2D eigenvalue weighted by molar-refractivity contribution is 5.63. The van der Waals surface area contributed by atoms with E-state index in [1.165, 1.54) is 10.4 Å². The van der Waals surface area contributed by atoms with Crippen molar-refractivity contribution in [3.05, 3.63) is 60.0 Å². The Balaban J connectivity index is 1.54. The molecule has 8 heteroatoms. The fourth-order valence-electron chi connectivity index (χ4n) is 2.51. The fraction of sp³-hybridized carbons (Fsp3) is 0.167. The van der Waals surface area contributed by atoms with Crippen LogP contribution in [0.3, 0.4) is 0 Å². The minimum atomic E-state index is 0.237. The maximum Gasteiger partial charge on any atom is 0.250 e. The maximum absolute atomic E-state index is 5.33. The van der Waals surface area contributed by atoms with E-state index in [0.29, 0.717) is 23.3 Å². The highest BCUT2D eigenvalue weighted by Gasteiger charge is 2.14. The van der Waals surface area contributed by atoms with Gasteiger partial charge >= 0.3 is 0 Å². The summed E-state index contributed by atoms with van der Waals surface area (Å²) < 4.78 is 10.6. The Kier molecular flexibility index (Phi) is 4.14. The first-order valence-corrected chi connectivity index (χ1v) is 8.04. The monoisotopic (exact) mass is 348 g/mol. The molecular weight excluding hydrogens is 332 g/mol. The predicted molar refractivity (Wildman–Crippen MR) is 93.4 cm³/mol. The van der Waals surface area contributed by atoms with Gasteiger partial charge in [0.1, 0.15) is 12.3 Å². The minimum absolute atomic E-state index is 0.237. The summed E-state index contributed by atoms with van der Waals surface area (Å²) in [5.74, 6) is 2.07. The molecule has 8 nitrogen and oxygen atoms in total. The zero-order valence-corrected chi connectivity index (χ0v) is 14.3. The van der Waals surface area contributed by atoms with Crippen LogP contribution in [-0.4, -0.2) is 37.5 Å². The van der Waals surface area contributed by atoms with E-state index in [1.54, 1.807) is 7.11 Å². The largest absolute Gasteiger partial charge is 0.496 e. The van der Waals surface area contributed by atoms with Crippen molar-refractivity contribution in [3.63, 3.8) is 0 Å². The number of aryl methyl sites for hydroxylation is 1. The van der Waals surface area contributed by atoms with Gasteiger partial charge in [-0.3, -0.25) is 0 Å². The molecule has 2 heterocycles. The molecule has 0 atom stereocenters. The maximum atomic E-state index is 5.33. The van der Waals surface area contributed by atoms with Gasteiger partial charge in [0.2, 0.25) is 11.6 Å². The molecule has 0 bridgehead atoms. The summed E-state index contributed by atoms with van der Waals surface area (Å²) in [6.45, 7) is 2.27. The first kappa shape index (κ1) is 15.9. The summed E-state index contributed by atoms with van der Waals surface area (Å²) in [4.78, 5) is 5.82. The Hall–Kier alpha value is -3.55. The highest BCUT2D eigenvalue weighted by atomic mass is 16.5. The van der Waals surface area contributed by atoms with Gasteiger partial charge in [-0.05, 0) is 24.3 Å². The van der Waals surface area contributed by atoms with Gasteiger partial charge in [0.15, 0.2) is 0 Å². The molecule has 0 saturated carbocycles. The summed E-state index contributed by atoms with van der Waals surface area (Å²) in [5.41, 5.74) is 2.84. The molecule has 0 aliphatic carbocycles. The SMILES string of the molecule is COc1ccccc1-c1noc(Cn2nnc(-c3ccc(C)cc3)n2)n1. The number of benzene rings is 2. The van der Waals surface area contributed by atoms with E-state index >= 15 is 0 Å². The lowest BCUT2D eigenvalue weighted by Crippen LogP contribution is -2.04. The number of hydrogen-bond donors (Lipinski definition) is 0. The molecule has 2 aromatic heterocycles. The number of nitrogens with zero attached hydrogens (tertiary/aromatic N) is 6. The Labute approximate surface area is 149 Å². The number of ether oxygens (including phenoxy) is 1. The average Bonchev–Trinajstić information content (AvgIpc) is 3.32. The van der Waals surface area contributed by atoms with Crippen LogP contribution >= 0.6 is 0 Å². The van der Waals surface area contributed by atoms with Gasteiger partial charge in [0.05, 0.1) is 12.7 Å². The molecule has 4 aromatic rings. The second-order valence-corrected chi connectivity index (χ2v) is 5.72. The third-order valence-corrected chi connectivity index (χ3v) is 3.86. The third-order valence-electron chi connectivity index (χ3n) is 3.86. The Morgan fingerprint density at radius 2 is 1.85 bits per heavy atom. The van der Waals surface area contributed by atoms with Gasteiger partial charge in [-0.2, -0.15) is 9.78 Å². The Morgan fingerprint density at radius 3 is 2.65 bits per heavy atom. The first-order chi connectivity index (χ1) is 12.7. The van der Waals surface area contributed by atoms with E-state index < -0.39 is 0 Å². The van der Waals surface area contributed by atoms with Crippen LogP contribution < -0.4 is 4.74 Å². The summed E-state index contributed by atoms with van der Waals surface area (Å²) >= 11 is 0. The summed E-state index contributed by atoms with van der Waals surface area (Å²) in [6, 6.07) is 15.4. The molecule has 130 valence electrons. The van der Waals surface area contributed by atoms with Crippen molar-refractivity contribution in [3.8, 4) is 28.5 Å². The standard InChI is InChI=1S/C18H16N6O2/c1-12-7-9-13(10-8-12)17-20-23-24(21-17)11-16-19-18(22-26-16)14-5-3-4-6-15(14)25-2/h3-10H,11H2,1-2H3. The molecule has 0 spiro atoms. The number of aromatic nitrogens is 6. The average molecular weight is 348 g/mol. The van der Waals surface area contributed by atoms with E-state index in [9.17, 15) is 0 Å². The van der Waals surface area contributed by atoms with Crippen molar-refractivity contribution < 1.29 is 9.26 Å². The van der Waals surface area contributed by atoms with Crippen LogP contribution in [-0.2, 0) is 6.54 Å². The summed E-state index contributed by atoms with van der Waals surface area (Å²) in [5, 5.41) is 16.5. The van der Waals surface area contributed by atoms with E-state index in [-0.39, 0.29) is 6.54 Å². The number of hydrogen-bond acceptors (Lipinski definition) is 7.